The van der Waals surface area contributed by atoms with Gasteiger partial charge in [-0.25, -0.2) is 4.98 Å². The molecule has 188 valence electrons. The summed E-state index contributed by atoms with van der Waals surface area (Å²) in [6, 6.07) is 5.27. The van der Waals surface area contributed by atoms with Gasteiger partial charge in [-0.05, 0) is 56.7 Å². The molecular weight excluding hydrogens is 477 g/mol. The molecule has 6 nitrogen and oxygen atoms in total. The Bertz CT molecular complexity index is 1050. The van der Waals surface area contributed by atoms with Crippen molar-refractivity contribution in [1.82, 2.24) is 20.1 Å². The van der Waals surface area contributed by atoms with E-state index in [0.29, 0.717) is 24.5 Å². The van der Waals surface area contributed by atoms with Gasteiger partial charge in [0.15, 0.2) is 0 Å². The van der Waals surface area contributed by atoms with E-state index in [-0.39, 0.29) is 24.1 Å². The SMILES string of the molecule is O=C(NCC(=O)N1CCC2C1CCN2C1CCC(c2nccs2)CC1)c1cccc(C(F)(F)F)c1. The van der Waals surface area contributed by atoms with Crippen molar-refractivity contribution in [3.63, 3.8) is 0 Å². The van der Waals surface area contributed by atoms with Crippen molar-refractivity contribution < 1.29 is 22.8 Å². The van der Waals surface area contributed by atoms with Crippen molar-refractivity contribution in [2.75, 3.05) is 19.6 Å². The average molecular weight is 507 g/mol. The van der Waals surface area contributed by atoms with Gasteiger partial charge in [-0.3, -0.25) is 14.5 Å². The van der Waals surface area contributed by atoms with Crippen LogP contribution in [0.5, 0.6) is 0 Å². The molecule has 35 heavy (non-hydrogen) atoms. The summed E-state index contributed by atoms with van der Waals surface area (Å²) in [5.41, 5.74) is -0.988. The normalized spacial score (nSPS) is 27.1. The van der Waals surface area contributed by atoms with Crippen LogP contribution in [0.1, 0.15) is 65.4 Å². The van der Waals surface area contributed by atoms with E-state index in [2.05, 4.69) is 15.2 Å². The number of benzene rings is 1. The van der Waals surface area contributed by atoms with Crippen molar-refractivity contribution in [3.8, 4) is 0 Å². The van der Waals surface area contributed by atoms with E-state index in [4.69, 9.17) is 0 Å². The van der Waals surface area contributed by atoms with Gasteiger partial charge in [-0.15, -0.1) is 11.3 Å². The topological polar surface area (TPSA) is 65.5 Å². The highest BCUT2D eigenvalue weighted by Gasteiger charge is 2.46. The number of thiazole rings is 1. The second-order valence-corrected chi connectivity index (χ2v) is 10.6. The lowest BCUT2D eigenvalue weighted by Gasteiger charge is -2.37. The fraction of sp³-hybridized carbons (Fsp3) is 0.560. The number of nitrogens with zero attached hydrogens (tertiary/aromatic N) is 3. The fourth-order valence-corrected chi connectivity index (χ4v) is 6.88. The van der Waals surface area contributed by atoms with Crippen LogP contribution >= 0.6 is 11.3 Å². The first-order chi connectivity index (χ1) is 16.8. The molecule has 2 atom stereocenters. The van der Waals surface area contributed by atoms with E-state index in [0.717, 1.165) is 57.2 Å². The summed E-state index contributed by atoms with van der Waals surface area (Å²) in [5, 5.41) is 5.79. The lowest BCUT2D eigenvalue weighted by molar-refractivity contribution is -0.137. The molecule has 1 N–H and O–H groups in total. The molecule has 1 aromatic heterocycles. The molecule has 0 spiro atoms. The molecule has 2 unspecified atom stereocenters. The van der Waals surface area contributed by atoms with Crippen molar-refractivity contribution in [2.24, 2.45) is 0 Å². The minimum absolute atomic E-state index is 0.104. The number of halogens is 3. The van der Waals surface area contributed by atoms with Gasteiger partial charge in [0.2, 0.25) is 5.91 Å². The summed E-state index contributed by atoms with van der Waals surface area (Å²) >= 11 is 1.74. The molecule has 1 aromatic carbocycles. The molecule has 2 saturated heterocycles. The third kappa shape index (κ3) is 5.09. The van der Waals surface area contributed by atoms with Crippen LogP contribution in [0.25, 0.3) is 0 Å². The first-order valence-corrected chi connectivity index (χ1v) is 13.1. The van der Waals surface area contributed by atoms with Gasteiger partial charge in [-0.2, -0.15) is 13.2 Å². The molecule has 2 aromatic rings. The maximum atomic E-state index is 12.9. The first-order valence-electron chi connectivity index (χ1n) is 12.2. The smallest absolute Gasteiger partial charge is 0.343 e. The Balaban J connectivity index is 1.13. The number of hydrogen-bond donors (Lipinski definition) is 1. The number of fused-ring (bicyclic) bond motifs is 1. The predicted octanol–water partition coefficient (Wildman–Crippen LogP) is 4.29. The quantitative estimate of drug-likeness (QED) is 0.657. The average Bonchev–Trinajstić information content (AvgIpc) is 3.60. The maximum Gasteiger partial charge on any atom is 0.416 e. The second-order valence-electron chi connectivity index (χ2n) is 9.67. The number of alkyl halides is 3. The molecule has 0 bridgehead atoms. The van der Waals surface area contributed by atoms with Gasteiger partial charge in [0, 0.05) is 54.3 Å². The minimum Gasteiger partial charge on any atom is -0.343 e. The Morgan fingerprint density at radius 2 is 1.83 bits per heavy atom. The zero-order valence-corrected chi connectivity index (χ0v) is 20.2. The highest BCUT2D eigenvalue weighted by molar-refractivity contribution is 7.09. The number of carbonyl (C=O) groups is 2. The number of nitrogens with one attached hydrogen (secondary N) is 1. The van der Waals surface area contributed by atoms with E-state index in [9.17, 15) is 22.8 Å². The van der Waals surface area contributed by atoms with Crippen LogP contribution in [0.15, 0.2) is 35.8 Å². The Kier molecular flexibility index (Phi) is 6.85. The highest BCUT2D eigenvalue weighted by Crippen LogP contribution is 2.40. The summed E-state index contributed by atoms with van der Waals surface area (Å²) in [7, 11) is 0. The van der Waals surface area contributed by atoms with Gasteiger partial charge >= 0.3 is 6.18 Å². The van der Waals surface area contributed by atoms with Crippen molar-refractivity contribution >= 4 is 23.2 Å². The molecular formula is C25H29F3N4O2S. The fourth-order valence-electron chi connectivity index (χ4n) is 6.07. The van der Waals surface area contributed by atoms with E-state index >= 15 is 0 Å². The Morgan fingerprint density at radius 3 is 2.54 bits per heavy atom. The van der Waals surface area contributed by atoms with Crippen LogP contribution in [0, 0.1) is 0 Å². The largest absolute Gasteiger partial charge is 0.416 e. The molecule has 5 rings (SSSR count). The third-order valence-electron chi connectivity index (χ3n) is 7.76. The van der Waals surface area contributed by atoms with Crippen molar-refractivity contribution in [1.29, 1.82) is 0 Å². The van der Waals surface area contributed by atoms with Crippen molar-refractivity contribution in [3.05, 3.63) is 52.0 Å². The van der Waals surface area contributed by atoms with Crippen LogP contribution in [0.2, 0.25) is 0 Å². The summed E-state index contributed by atoms with van der Waals surface area (Å²) in [6.45, 7) is 1.41. The van der Waals surface area contributed by atoms with E-state index < -0.39 is 17.6 Å². The van der Waals surface area contributed by atoms with Crippen LogP contribution in [-0.2, 0) is 11.0 Å². The van der Waals surface area contributed by atoms with Gasteiger partial charge in [0.25, 0.3) is 5.91 Å². The Labute approximate surface area is 206 Å². The lowest BCUT2D eigenvalue weighted by atomic mass is 9.85. The molecule has 10 heteroatoms. The number of hydrogen-bond acceptors (Lipinski definition) is 5. The molecule has 3 aliphatic rings. The van der Waals surface area contributed by atoms with Crippen LogP contribution in [-0.4, -0.2) is 64.4 Å². The van der Waals surface area contributed by atoms with Gasteiger partial charge in [0.05, 0.1) is 17.1 Å². The zero-order chi connectivity index (χ0) is 24.6. The van der Waals surface area contributed by atoms with Crippen LogP contribution in [0.3, 0.4) is 0 Å². The summed E-state index contributed by atoms with van der Waals surface area (Å²) in [6.07, 6.45) is 3.79. The molecule has 0 radical (unpaired) electrons. The number of carbonyl (C=O) groups excluding carboxylic acids is 2. The number of amides is 2. The van der Waals surface area contributed by atoms with Gasteiger partial charge in [0.1, 0.15) is 0 Å². The second kappa shape index (κ2) is 9.89. The predicted molar refractivity (Wildman–Crippen MR) is 126 cm³/mol. The molecule has 1 aliphatic carbocycles. The van der Waals surface area contributed by atoms with Gasteiger partial charge < -0.3 is 10.2 Å². The number of aromatic nitrogens is 1. The van der Waals surface area contributed by atoms with Crippen LogP contribution < -0.4 is 5.32 Å². The minimum atomic E-state index is -4.52. The van der Waals surface area contributed by atoms with E-state index in [1.54, 1.807) is 11.3 Å². The first kappa shape index (κ1) is 24.2. The number of likely N-dealkylation sites (tertiary alicyclic amines) is 2. The van der Waals surface area contributed by atoms with E-state index in [1.165, 1.54) is 17.1 Å². The Morgan fingerprint density at radius 1 is 1.06 bits per heavy atom. The monoisotopic (exact) mass is 506 g/mol. The summed E-state index contributed by atoms with van der Waals surface area (Å²) < 4.78 is 38.8. The zero-order valence-electron chi connectivity index (χ0n) is 19.3. The molecule has 2 amide bonds. The molecule has 1 saturated carbocycles. The third-order valence-corrected chi connectivity index (χ3v) is 8.70. The maximum absolute atomic E-state index is 12.9. The molecule has 3 heterocycles. The van der Waals surface area contributed by atoms with Gasteiger partial charge in [-0.1, -0.05) is 6.07 Å². The highest BCUT2D eigenvalue weighted by atomic mass is 32.1. The van der Waals surface area contributed by atoms with Crippen molar-refractivity contribution in [2.45, 2.75) is 68.7 Å². The summed E-state index contributed by atoms with van der Waals surface area (Å²) in [4.78, 5) is 34.2. The number of rotatable bonds is 5. The standard InChI is InChI=1S/C25H29F3N4O2S/c26-25(27,28)18-3-1-2-17(14-18)23(34)30-15-22(33)32-12-9-20-21(32)8-11-31(20)19-6-4-16(5-7-19)24-29-10-13-35-24/h1-3,10,13-14,16,19-21H,4-9,11-12,15H2,(H,30,34). The van der Waals surface area contributed by atoms with Crippen LogP contribution in [0.4, 0.5) is 13.2 Å². The molecule has 2 aliphatic heterocycles. The Hall–Kier alpha value is -2.46. The molecule has 3 fully saturated rings. The summed E-state index contributed by atoms with van der Waals surface area (Å²) in [5.74, 6) is -0.288. The lowest BCUT2D eigenvalue weighted by Crippen LogP contribution is -2.46. The van der Waals surface area contributed by atoms with E-state index in [1.807, 2.05) is 16.5 Å².